The van der Waals surface area contributed by atoms with E-state index in [1.54, 1.807) is 50.6 Å². The molecule has 1 unspecified atom stereocenters. The Kier molecular flexibility index (Phi) is 6.53. The first-order valence-electron chi connectivity index (χ1n) is 11.8. The molecule has 0 saturated carbocycles. The number of carbonyl (C=O) groups excluding carboxylic acids is 1. The van der Waals surface area contributed by atoms with E-state index in [9.17, 15) is 14.0 Å². The number of likely N-dealkylation sites (tertiary alicyclic amines) is 1. The zero-order chi connectivity index (χ0) is 25.1. The van der Waals surface area contributed by atoms with E-state index < -0.39 is 6.67 Å². The predicted octanol–water partition coefficient (Wildman–Crippen LogP) is 4.25. The van der Waals surface area contributed by atoms with Gasteiger partial charge in [0.25, 0.3) is 0 Å². The highest BCUT2D eigenvalue weighted by atomic mass is 19.1. The van der Waals surface area contributed by atoms with Crippen LogP contribution in [-0.4, -0.2) is 44.7 Å². The van der Waals surface area contributed by atoms with Crippen LogP contribution in [0.5, 0.6) is 11.5 Å². The third kappa shape index (κ3) is 4.47. The van der Waals surface area contributed by atoms with E-state index >= 15 is 0 Å². The lowest BCUT2D eigenvalue weighted by atomic mass is 10.1. The molecule has 4 aromatic rings. The van der Waals surface area contributed by atoms with Gasteiger partial charge in [-0.2, -0.15) is 0 Å². The predicted molar refractivity (Wildman–Crippen MR) is 136 cm³/mol. The van der Waals surface area contributed by atoms with Gasteiger partial charge in [-0.15, -0.1) is 0 Å². The fraction of sp³-hybridized carbons (Fsp3) is 0.222. The van der Waals surface area contributed by atoms with Crippen LogP contribution < -0.4 is 16.2 Å². The van der Waals surface area contributed by atoms with Gasteiger partial charge in [-0.25, -0.2) is 14.2 Å². The average Bonchev–Trinajstić information content (AvgIpc) is 3.21. The number of halogens is 1. The first kappa shape index (κ1) is 23.3. The molecular weight excluding hydrogens is 461 g/mol. The zero-order valence-electron chi connectivity index (χ0n) is 19.6. The minimum atomic E-state index is -0.697. The second-order valence-electron chi connectivity index (χ2n) is 8.60. The Morgan fingerprint density at radius 3 is 2.61 bits per heavy atom. The van der Waals surface area contributed by atoms with E-state index in [4.69, 9.17) is 10.5 Å². The van der Waals surface area contributed by atoms with Crippen molar-refractivity contribution in [2.24, 2.45) is 0 Å². The molecule has 2 aromatic carbocycles. The summed E-state index contributed by atoms with van der Waals surface area (Å²) in [6.07, 6.45) is 5.47. The van der Waals surface area contributed by atoms with Crippen LogP contribution in [0.15, 0.2) is 83.8 Å². The molecular formula is C27H26FN5O3. The molecule has 184 valence electrons. The van der Waals surface area contributed by atoms with Crippen molar-refractivity contribution in [2.75, 3.05) is 25.5 Å². The number of pyridine rings is 1. The van der Waals surface area contributed by atoms with Crippen LogP contribution >= 0.6 is 0 Å². The molecule has 1 aliphatic rings. The van der Waals surface area contributed by atoms with Gasteiger partial charge < -0.3 is 15.4 Å². The molecule has 1 saturated heterocycles. The number of imidazole rings is 1. The molecule has 9 heteroatoms. The van der Waals surface area contributed by atoms with Crippen molar-refractivity contribution in [1.82, 2.24) is 19.0 Å². The van der Waals surface area contributed by atoms with Gasteiger partial charge in [0.2, 0.25) is 5.91 Å². The SMILES string of the molecule is Nc1nccc2c1n(-c1ccc(Oc3ccccc3)cc1)c(=O)n2C1CCCN(C(=O)/C=C/CF)C1. The number of hydrogen-bond donors (Lipinski definition) is 1. The summed E-state index contributed by atoms with van der Waals surface area (Å²) in [5.41, 5.74) is 7.77. The Hall–Kier alpha value is -4.40. The molecule has 1 atom stereocenters. The Balaban J connectivity index is 1.52. The Morgan fingerprint density at radius 1 is 1.11 bits per heavy atom. The highest BCUT2D eigenvalue weighted by Crippen LogP contribution is 2.29. The van der Waals surface area contributed by atoms with E-state index in [1.807, 2.05) is 30.3 Å². The maximum absolute atomic E-state index is 13.8. The fourth-order valence-corrected chi connectivity index (χ4v) is 4.69. The quantitative estimate of drug-likeness (QED) is 0.410. The minimum Gasteiger partial charge on any atom is -0.457 e. The third-order valence-electron chi connectivity index (χ3n) is 6.31. The smallest absolute Gasteiger partial charge is 0.334 e. The molecule has 5 rings (SSSR count). The number of allylic oxidation sites excluding steroid dienone is 1. The van der Waals surface area contributed by atoms with Crippen molar-refractivity contribution in [1.29, 1.82) is 0 Å². The number of para-hydroxylation sites is 1. The number of amides is 1. The third-order valence-corrected chi connectivity index (χ3v) is 6.31. The summed E-state index contributed by atoms with van der Waals surface area (Å²) in [6.45, 7) is 0.212. The van der Waals surface area contributed by atoms with Crippen LogP contribution in [0.3, 0.4) is 0 Å². The molecule has 0 aliphatic carbocycles. The molecule has 1 fully saturated rings. The van der Waals surface area contributed by atoms with Crippen molar-refractivity contribution in [3.63, 3.8) is 0 Å². The molecule has 1 amide bonds. The number of nitrogens with zero attached hydrogens (tertiary/aromatic N) is 4. The van der Waals surface area contributed by atoms with Crippen molar-refractivity contribution in [3.05, 3.63) is 89.5 Å². The number of alkyl halides is 1. The molecule has 3 heterocycles. The van der Waals surface area contributed by atoms with Gasteiger partial charge in [-0.3, -0.25) is 13.9 Å². The number of fused-ring (bicyclic) bond motifs is 1. The lowest BCUT2D eigenvalue weighted by Gasteiger charge is -2.32. The number of hydrogen-bond acceptors (Lipinski definition) is 5. The number of ether oxygens (including phenoxy) is 1. The van der Waals surface area contributed by atoms with Gasteiger partial charge in [0.05, 0.1) is 17.2 Å². The lowest BCUT2D eigenvalue weighted by molar-refractivity contribution is -0.127. The van der Waals surface area contributed by atoms with Crippen LogP contribution in [0.4, 0.5) is 10.2 Å². The van der Waals surface area contributed by atoms with E-state index in [0.29, 0.717) is 41.3 Å². The summed E-state index contributed by atoms with van der Waals surface area (Å²) in [6, 6.07) is 18.1. The topological polar surface area (TPSA) is 95.4 Å². The maximum Gasteiger partial charge on any atom is 0.334 e. The number of carbonyl (C=O) groups is 1. The highest BCUT2D eigenvalue weighted by Gasteiger charge is 2.28. The van der Waals surface area contributed by atoms with Crippen LogP contribution in [0.2, 0.25) is 0 Å². The number of nitrogens with two attached hydrogens (primary N) is 1. The average molecular weight is 488 g/mol. The number of rotatable bonds is 6. The number of piperidine rings is 1. The van der Waals surface area contributed by atoms with Gasteiger partial charge in [0.1, 0.15) is 29.5 Å². The van der Waals surface area contributed by atoms with Gasteiger partial charge >= 0.3 is 5.69 Å². The van der Waals surface area contributed by atoms with Gasteiger partial charge in [-0.1, -0.05) is 18.2 Å². The second kappa shape index (κ2) is 10.1. The molecule has 0 radical (unpaired) electrons. The zero-order valence-corrected chi connectivity index (χ0v) is 19.6. The Bertz CT molecular complexity index is 1460. The fourth-order valence-electron chi connectivity index (χ4n) is 4.69. The van der Waals surface area contributed by atoms with Crippen molar-refractivity contribution >= 4 is 22.8 Å². The highest BCUT2D eigenvalue weighted by molar-refractivity contribution is 5.88. The van der Waals surface area contributed by atoms with Crippen LogP contribution in [0.25, 0.3) is 16.7 Å². The number of aromatic nitrogens is 3. The van der Waals surface area contributed by atoms with Crippen LogP contribution in [0.1, 0.15) is 18.9 Å². The van der Waals surface area contributed by atoms with Gasteiger partial charge in [-0.05, 0) is 61.4 Å². The number of anilines is 1. The summed E-state index contributed by atoms with van der Waals surface area (Å²) in [5, 5.41) is 0. The summed E-state index contributed by atoms with van der Waals surface area (Å²) in [7, 11) is 0. The monoisotopic (exact) mass is 487 g/mol. The van der Waals surface area contributed by atoms with Crippen molar-refractivity contribution in [3.8, 4) is 17.2 Å². The normalized spacial score (nSPS) is 16.0. The lowest BCUT2D eigenvalue weighted by Crippen LogP contribution is -2.42. The first-order valence-corrected chi connectivity index (χ1v) is 11.8. The molecule has 8 nitrogen and oxygen atoms in total. The Labute approximate surface area is 207 Å². The summed E-state index contributed by atoms with van der Waals surface area (Å²) < 4.78 is 21.6. The molecule has 2 N–H and O–H groups in total. The van der Waals surface area contributed by atoms with E-state index in [0.717, 1.165) is 12.8 Å². The second-order valence-corrected chi connectivity index (χ2v) is 8.60. The molecule has 1 aliphatic heterocycles. The minimum absolute atomic E-state index is 0.239. The maximum atomic E-state index is 13.8. The van der Waals surface area contributed by atoms with Crippen molar-refractivity contribution in [2.45, 2.75) is 18.9 Å². The molecule has 0 spiro atoms. The largest absolute Gasteiger partial charge is 0.457 e. The van der Waals surface area contributed by atoms with Gasteiger partial charge in [0, 0.05) is 25.4 Å². The molecule has 36 heavy (non-hydrogen) atoms. The number of benzene rings is 2. The van der Waals surface area contributed by atoms with E-state index in [1.165, 1.54) is 12.2 Å². The first-order chi connectivity index (χ1) is 17.6. The molecule has 2 aromatic heterocycles. The van der Waals surface area contributed by atoms with Crippen LogP contribution in [0, 0.1) is 0 Å². The summed E-state index contributed by atoms with van der Waals surface area (Å²) in [4.78, 5) is 32.1. The standard InChI is InChI=1S/C27H26FN5O3/c28-15-4-9-24(34)31-17-5-6-20(18-31)32-23-14-16-30-26(29)25(23)33(27(32)35)19-10-12-22(13-11-19)36-21-7-2-1-3-8-21/h1-4,7-14,16,20H,5-6,15,17-18H2,(H2,29,30)/b9-4+. The van der Waals surface area contributed by atoms with Gasteiger partial charge in [0.15, 0.2) is 0 Å². The van der Waals surface area contributed by atoms with E-state index in [2.05, 4.69) is 4.98 Å². The summed E-state index contributed by atoms with van der Waals surface area (Å²) in [5.74, 6) is 1.33. The van der Waals surface area contributed by atoms with Crippen LogP contribution in [-0.2, 0) is 4.79 Å². The number of nitrogen functional groups attached to an aromatic ring is 1. The van der Waals surface area contributed by atoms with E-state index in [-0.39, 0.29) is 23.5 Å². The summed E-state index contributed by atoms with van der Waals surface area (Å²) >= 11 is 0. The van der Waals surface area contributed by atoms with Crippen molar-refractivity contribution < 1.29 is 13.9 Å². The Morgan fingerprint density at radius 2 is 1.86 bits per heavy atom. The molecule has 0 bridgehead atoms.